The Balaban J connectivity index is 1.78. The van der Waals surface area contributed by atoms with Crippen molar-refractivity contribution >= 4 is 34.2 Å². The molecule has 0 fully saturated rings. The van der Waals surface area contributed by atoms with E-state index in [2.05, 4.69) is 0 Å². The SMILES string of the molecule is CCCOc1cccc(C2c3c(oc4cc(C)c(C)cc4c3=O)C(=O)N2c2cccc(Cl)c2)c1. The average Bonchev–Trinajstić information content (AvgIpc) is 3.12. The zero-order valence-electron chi connectivity index (χ0n) is 19.2. The second-order valence-electron chi connectivity index (χ2n) is 8.59. The second kappa shape index (κ2) is 8.65. The predicted octanol–water partition coefficient (Wildman–Crippen LogP) is 6.60. The van der Waals surface area contributed by atoms with E-state index < -0.39 is 6.04 Å². The van der Waals surface area contributed by atoms with Crippen LogP contribution in [0.15, 0.2) is 69.9 Å². The number of carbonyl (C=O) groups is 1. The number of benzene rings is 3. The highest BCUT2D eigenvalue weighted by Crippen LogP contribution is 2.42. The van der Waals surface area contributed by atoms with Crippen LogP contribution in [0.25, 0.3) is 11.0 Å². The van der Waals surface area contributed by atoms with Crippen molar-refractivity contribution in [2.45, 2.75) is 33.2 Å². The number of halogens is 1. The van der Waals surface area contributed by atoms with Gasteiger partial charge in [0.15, 0.2) is 5.43 Å². The van der Waals surface area contributed by atoms with Crippen LogP contribution in [-0.4, -0.2) is 12.5 Å². The fraction of sp³-hybridized carbons (Fsp3) is 0.214. The minimum atomic E-state index is -0.673. The van der Waals surface area contributed by atoms with Gasteiger partial charge in [0, 0.05) is 10.7 Å². The lowest BCUT2D eigenvalue weighted by molar-refractivity contribution is 0.0971. The standard InChI is InChI=1S/C28H24ClNO4/c1-4-11-33-21-10-5-7-18(14-21)25-24-26(31)22-12-16(2)17(3)13-23(22)34-27(24)28(32)30(25)20-9-6-8-19(29)15-20/h5-10,12-15,25H,4,11H2,1-3H3. The molecule has 0 radical (unpaired) electrons. The number of aryl methyl sites for hydroxylation is 2. The third-order valence-electron chi connectivity index (χ3n) is 6.22. The fourth-order valence-electron chi connectivity index (χ4n) is 4.43. The molecule has 1 atom stereocenters. The molecule has 1 aliphatic rings. The zero-order chi connectivity index (χ0) is 24.0. The predicted molar refractivity (Wildman–Crippen MR) is 134 cm³/mol. The first-order valence-corrected chi connectivity index (χ1v) is 11.7. The smallest absolute Gasteiger partial charge is 0.295 e. The van der Waals surface area contributed by atoms with Crippen LogP contribution < -0.4 is 15.1 Å². The van der Waals surface area contributed by atoms with Gasteiger partial charge in [-0.25, -0.2) is 0 Å². The molecule has 172 valence electrons. The molecule has 1 aromatic heterocycles. The number of hydrogen-bond donors (Lipinski definition) is 0. The molecule has 0 saturated carbocycles. The van der Waals surface area contributed by atoms with Gasteiger partial charge in [0.2, 0.25) is 5.76 Å². The van der Waals surface area contributed by atoms with Gasteiger partial charge in [-0.3, -0.25) is 14.5 Å². The van der Waals surface area contributed by atoms with Gasteiger partial charge in [0.05, 0.1) is 23.6 Å². The van der Waals surface area contributed by atoms with Crippen LogP contribution in [0.3, 0.4) is 0 Å². The quantitative estimate of drug-likeness (QED) is 0.327. The third kappa shape index (κ3) is 3.66. The summed E-state index contributed by atoms with van der Waals surface area (Å²) in [6.45, 7) is 6.52. The molecule has 1 aliphatic heterocycles. The molecular weight excluding hydrogens is 450 g/mol. The molecule has 0 bridgehead atoms. The van der Waals surface area contributed by atoms with E-state index in [1.807, 2.05) is 57.2 Å². The van der Waals surface area contributed by atoms with E-state index in [0.29, 0.717) is 39.6 Å². The van der Waals surface area contributed by atoms with Crippen molar-refractivity contribution in [1.82, 2.24) is 0 Å². The van der Waals surface area contributed by atoms with E-state index in [1.165, 1.54) is 0 Å². The molecule has 1 amide bonds. The van der Waals surface area contributed by atoms with Crippen LogP contribution in [0.1, 0.15) is 52.2 Å². The van der Waals surface area contributed by atoms with E-state index in [-0.39, 0.29) is 17.1 Å². The third-order valence-corrected chi connectivity index (χ3v) is 6.45. The Morgan fingerprint density at radius 2 is 1.76 bits per heavy atom. The van der Waals surface area contributed by atoms with Crippen molar-refractivity contribution in [2.24, 2.45) is 0 Å². The average molecular weight is 474 g/mol. The van der Waals surface area contributed by atoms with Gasteiger partial charge >= 0.3 is 0 Å². The molecule has 4 aromatic rings. The van der Waals surface area contributed by atoms with E-state index in [4.69, 9.17) is 20.8 Å². The van der Waals surface area contributed by atoms with E-state index in [9.17, 15) is 9.59 Å². The lowest BCUT2D eigenvalue weighted by Crippen LogP contribution is -2.29. The largest absolute Gasteiger partial charge is 0.494 e. The molecule has 34 heavy (non-hydrogen) atoms. The van der Waals surface area contributed by atoms with Crippen molar-refractivity contribution in [3.63, 3.8) is 0 Å². The van der Waals surface area contributed by atoms with Gasteiger partial charge in [0.25, 0.3) is 5.91 Å². The van der Waals surface area contributed by atoms with Gasteiger partial charge < -0.3 is 9.15 Å². The van der Waals surface area contributed by atoms with E-state index >= 15 is 0 Å². The van der Waals surface area contributed by atoms with E-state index in [1.54, 1.807) is 29.2 Å². The summed E-state index contributed by atoms with van der Waals surface area (Å²) in [7, 11) is 0. The van der Waals surface area contributed by atoms with E-state index in [0.717, 1.165) is 23.1 Å². The molecule has 0 aliphatic carbocycles. The fourth-order valence-corrected chi connectivity index (χ4v) is 4.61. The summed E-state index contributed by atoms with van der Waals surface area (Å²) in [6.07, 6.45) is 0.873. The van der Waals surface area contributed by atoms with Crippen molar-refractivity contribution in [2.75, 3.05) is 11.5 Å². The molecule has 5 rings (SSSR count). The first-order valence-electron chi connectivity index (χ1n) is 11.3. The molecule has 2 heterocycles. The van der Waals surface area contributed by atoms with Crippen LogP contribution >= 0.6 is 11.6 Å². The van der Waals surface area contributed by atoms with Crippen LogP contribution in [0.5, 0.6) is 5.75 Å². The number of rotatable bonds is 5. The highest BCUT2D eigenvalue weighted by molar-refractivity contribution is 6.31. The van der Waals surface area contributed by atoms with Crippen LogP contribution in [0, 0.1) is 13.8 Å². The number of anilines is 1. The minimum Gasteiger partial charge on any atom is -0.494 e. The summed E-state index contributed by atoms with van der Waals surface area (Å²) >= 11 is 6.27. The molecular formula is C28H24ClNO4. The Morgan fingerprint density at radius 3 is 2.53 bits per heavy atom. The maximum absolute atomic E-state index is 13.8. The van der Waals surface area contributed by atoms with Gasteiger partial charge in [0.1, 0.15) is 11.3 Å². The van der Waals surface area contributed by atoms with Gasteiger partial charge in [-0.1, -0.05) is 36.7 Å². The first-order chi connectivity index (χ1) is 16.4. The Hall–Kier alpha value is -3.57. The Labute approximate surface area is 202 Å². The zero-order valence-corrected chi connectivity index (χ0v) is 20.0. The van der Waals surface area contributed by atoms with Crippen molar-refractivity contribution in [1.29, 1.82) is 0 Å². The minimum absolute atomic E-state index is 0.0607. The summed E-state index contributed by atoms with van der Waals surface area (Å²) in [5, 5.41) is 0.960. The summed E-state index contributed by atoms with van der Waals surface area (Å²) in [6, 6.07) is 17.5. The molecule has 3 aromatic carbocycles. The number of hydrogen-bond acceptors (Lipinski definition) is 4. The molecule has 5 nitrogen and oxygen atoms in total. The maximum Gasteiger partial charge on any atom is 0.295 e. The van der Waals surface area contributed by atoms with Crippen LogP contribution in [-0.2, 0) is 0 Å². The molecule has 0 spiro atoms. The van der Waals surface area contributed by atoms with Gasteiger partial charge in [-0.15, -0.1) is 0 Å². The Morgan fingerprint density at radius 1 is 1.00 bits per heavy atom. The van der Waals surface area contributed by atoms with Crippen LogP contribution in [0.2, 0.25) is 5.02 Å². The monoisotopic (exact) mass is 473 g/mol. The van der Waals surface area contributed by atoms with Crippen molar-refractivity contribution in [3.8, 4) is 5.75 Å². The number of nitrogens with zero attached hydrogens (tertiary/aromatic N) is 1. The van der Waals surface area contributed by atoms with Gasteiger partial charge in [-0.05, 0) is 79.4 Å². The molecule has 0 N–H and O–H groups in total. The van der Waals surface area contributed by atoms with Crippen molar-refractivity contribution in [3.05, 3.63) is 104 Å². The summed E-state index contributed by atoms with van der Waals surface area (Å²) < 4.78 is 11.9. The van der Waals surface area contributed by atoms with Crippen molar-refractivity contribution < 1.29 is 13.9 Å². The summed E-state index contributed by atoms with van der Waals surface area (Å²) in [5.41, 5.74) is 3.86. The molecule has 0 saturated heterocycles. The summed E-state index contributed by atoms with van der Waals surface area (Å²) in [5.74, 6) is 0.368. The lowest BCUT2D eigenvalue weighted by Gasteiger charge is -2.25. The number of ether oxygens (including phenoxy) is 1. The molecule has 6 heteroatoms. The Bertz CT molecular complexity index is 1490. The normalized spacial score (nSPS) is 15.1. The summed E-state index contributed by atoms with van der Waals surface area (Å²) in [4.78, 5) is 29.1. The first kappa shape index (κ1) is 22.2. The number of carbonyl (C=O) groups excluding carboxylic acids is 1. The number of amides is 1. The highest BCUT2D eigenvalue weighted by Gasteiger charge is 2.43. The number of fused-ring (bicyclic) bond motifs is 2. The second-order valence-corrected chi connectivity index (χ2v) is 9.02. The molecule has 1 unspecified atom stereocenters. The topological polar surface area (TPSA) is 59.8 Å². The maximum atomic E-state index is 13.8. The van der Waals surface area contributed by atoms with Gasteiger partial charge in [-0.2, -0.15) is 0 Å². The van der Waals surface area contributed by atoms with Crippen LogP contribution in [0.4, 0.5) is 5.69 Å². The lowest BCUT2D eigenvalue weighted by atomic mass is 9.97. The highest BCUT2D eigenvalue weighted by atomic mass is 35.5. The Kier molecular flexibility index (Phi) is 5.66.